The van der Waals surface area contributed by atoms with Gasteiger partial charge in [-0.2, -0.15) is 0 Å². The second-order valence-electron chi connectivity index (χ2n) is 5.67. The van der Waals surface area contributed by atoms with Gasteiger partial charge in [0, 0.05) is 0 Å². The van der Waals surface area contributed by atoms with Gasteiger partial charge in [0.05, 0.1) is 6.61 Å². The Labute approximate surface area is 120 Å². The van der Waals surface area contributed by atoms with Gasteiger partial charge in [0.2, 0.25) is 0 Å². The number of hydrogen-bond acceptors (Lipinski definition) is 4. The number of Topliss-reactive ketones (excluding diaryl/α,β-unsaturated/α-hetero) is 1. The number of esters is 1. The molecule has 1 rings (SSSR count). The molecule has 0 N–H and O–H groups in total. The zero-order valence-corrected chi connectivity index (χ0v) is 12.5. The molecule has 4 heteroatoms. The van der Waals surface area contributed by atoms with Gasteiger partial charge in [-0.15, -0.1) is 0 Å². The molecule has 0 amide bonds. The van der Waals surface area contributed by atoms with Crippen LogP contribution in [-0.2, 0) is 25.7 Å². The van der Waals surface area contributed by atoms with Crippen molar-refractivity contribution >= 4 is 11.8 Å². The van der Waals surface area contributed by atoms with Crippen LogP contribution in [-0.4, -0.2) is 23.5 Å². The molecule has 20 heavy (non-hydrogen) atoms. The molecule has 0 saturated heterocycles. The van der Waals surface area contributed by atoms with E-state index in [0.717, 1.165) is 5.56 Å². The topological polar surface area (TPSA) is 52.6 Å². The van der Waals surface area contributed by atoms with Crippen molar-refractivity contribution in [2.75, 3.05) is 0 Å². The van der Waals surface area contributed by atoms with Crippen molar-refractivity contribution in [2.24, 2.45) is 0 Å². The van der Waals surface area contributed by atoms with E-state index >= 15 is 0 Å². The third-order valence-corrected chi connectivity index (χ3v) is 2.53. The second-order valence-corrected chi connectivity index (χ2v) is 5.67. The molecule has 0 fully saturated rings. The highest BCUT2D eigenvalue weighted by Gasteiger charge is 2.22. The van der Waals surface area contributed by atoms with E-state index in [9.17, 15) is 9.59 Å². The first-order chi connectivity index (χ1) is 9.28. The molecule has 0 bridgehead atoms. The summed E-state index contributed by atoms with van der Waals surface area (Å²) >= 11 is 0. The van der Waals surface area contributed by atoms with Gasteiger partial charge in [-0.3, -0.25) is 9.59 Å². The minimum absolute atomic E-state index is 0.257. The molecule has 0 radical (unpaired) electrons. The number of hydrogen-bond donors (Lipinski definition) is 0. The van der Waals surface area contributed by atoms with Crippen molar-refractivity contribution in [2.45, 2.75) is 52.4 Å². The van der Waals surface area contributed by atoms with Gasteiger partial charge < -0.3 is 9.47 Å². The largest absolute Gasteiger partial charge is 0.460 e. The monoisotopic (exact) mass is 278 g/mol. The highest BCUT2D eigenvalue weighted by Crippen LogP contribution is 2.10. The molecule has 0 aliphatic rings. The summed E-state index contributed by atoms with van der Waals surface area (Å²) in [5.41, 5.74) is 0.412. The molecule has 0 aliphatic carbocycles. The Bertz CT molecular complexity index is 445. The molecular formula is C16H22O4. The van der Waals surface area contributed by atoms with E-state index in [-0.39, 0.29) is 12.2 Å². The minimum atomic E-state index is -0.622. The van der Waals surface area contributed by atoms with E-state index in [1.165, 1.54) is 0 Å². The SMILES string of the molecule is CC(OCc1ccccc1)C(=O)CC(=O)OC(C)(C)C. The molecule has 0 aliphatic heterocycles. The molecule has 110 valence electrons. The first-order valence-corrected chi connectivity index (χ1v) is 6.68. The molecule has 1 unspecified atom stereocenters. The van der Waals surface area contributed by atoms with Crippen molar-refractivity contribution in [3.63, 3.8) is 0 Å². The van der Waals surface area contributed by atoms with Crippen LogP contribution in [0.25, 0.3) is 0 Å². The smallest absolute Gasteiger partial charge is 0.313 e. The van der Waals surface area contributed by atoms with Crippen molar-refractivity contribution in [1.82, 2.24) is 0 Å². The average molecular weight is 278 g/mol. The van der Waals surface area contributed by atoms with Crippen LogP contribution in [0.1, 0.15) is 39.7 Å². The highest BCUT2D eigenvalue weighted by molar-refractivity contribution is 5.97. The number of carbonyl (C=O) groups excluding carboxylic acids is 2. The quantitative estimate of drug-likeness (QED) is 0.593. The van der Waals surface area contributed by atoms with Crippen molar-refractivity contribution in [3.05, 3.63) is 35.9 Å². The van der Waals surface area contributed by atoms with E-state index in [1.807, 2.05) is 30.3 Å². The third kappa shape index (κ3) is 6.48. The van der Waals surface area contributed by atoms with Crippen LogP contribution >= 0.6 is 0 Å². The van der Waals surface area contributed by atoms with Crippen LogP contribution in [0.15, 0.2) is 30.3 Å². The molecule has 0 saturated carbocycles. The zero-order valence-electron chi connectivity index (χ0n) is 12.5. The van der Waals surface area contributed by atoms with Gasteiger partial charge in [0.15, 0.2) is 5.78 Å². The van der Waals surface area contributed by atoms with Gasteiger partial charge in [-0.1, -0.05) is 30.3 Å². The highest BCUT2D eigenvalue weighted by atomic mass is 16.6. The fourth-order valence-electron chi connectivity index (χ4n) is 1.55. The molecule has 0 aromatic heterocycles. The predicted molar refractivity (Wildman–Crippen MR) is 76.2 cm³/mol. The second kappa shape index (κ2) is 7.20. The van der Waals surface area contributed by atoms with E-state index in [1.54, 1.807) is 27.7 Å². The Balaban J connectivity index is 2.38. The summed E-state index contributed by atoms with van der Waals surface area (Å²) in [6.07, 6.45) is -0.879. The summed E-state index contributed by atoms with van der Waals surface area (Å²) in [7, 11) is 0. The number of benzene rings is 1. The molecule has 1 atom stereocenters. The van der Waals surface area contributed by atoms with E-state index < -0.39 is 17.7 Å². The summed E-state index contributed by atoms with van der Waals surface area (Å²) < 4.78 is 10.6. The summed E-state index contributed by atoms with van der Waals surface area (Å²) in [5, 5.41) is 0. The number of carbonyl (C=O) groups is 2. The Morgan fingerprint density at radius 1 is 1.15 bits per heavy atom. The first kappa shape index (κ1) is 16.4. The normalized spacial score (nSPS) is 12.8. The number of rotatable bonds is 6. The maximum atomic E-state index is 11.8. The Kier molecular flexibility index (Phi) is 5.89. The van der Waals surface area contributed by atoms with Crippen LogP contribution in [0.2, 0.25) is 0 Å². The van der Waals surface area contributed by atoms with Crippen LogP contribution in [0.5, 0.6) is 0 Å². The molecule has 0 spiro atoms. The van der Waals surface area contributed by atoms with Gasteiger partial charge in [0.25, 0.3) is 0 Å². The standard InChI is InChI=1S/C16H22O4/c1-12(19-11-13-8-6-5-7-9-13)14(17)10-15(18)20-16(2,3)4/h5-9,12H,10-11H2,1-4H3. The van der Waals surface area contributed by atoms with Crippen LogP contribution in [0.3, 0.4) is 0 Å². The van der Waals surface area contributed by atoms with E-state index in [2.05, 4.69) is 0 Å². The average Bonchev–Trinajstić information content (AvgIpc) is 2.34. The molecular weight excluding hydrogens is 256 g/mol. The number of ether oxygens (including phenoxy) is 2. The van der Waals surface area contributed by atoms with E-state index in [4.69, 9.17) is 9.47 Å². The maximum Gasteiger partial charge on any atom is 0.313 e. The van der Waals surface area contributed by atoms with Crippen molar-refractivity contribution < 1.29 is 19.1 Å². The number of ketones is 1. The van der Waals surface area contributed by atoms with Crippen LogP contribution in [0.4, 0.5) is 0 Å². The van der Waals surface area contributed by atoms with Crippen LogP contribution < -0.4 is 0 Å². The predicted octanol–water partition coefficient (Wildman–Crippen LogP) is 2.89. The summed E-state index contributed by atoms with van der Waals surface area (Å²) in [5.74, 6) is -0.784. The molecule has 1 aromatic carbocycles. The Morgan fingerprint density at radius 2 is 1.75 bits per heavy atom. The maximum absolute atomic E-state index is 11.8. The lowest BCUT2D eigenvalue weighted by molar-refractivity contribution is -0.157. The first-order valence-electron chi connectivity index (χ1n) is 6.68. The Hall–Kier alpha value is -1.68. The summed E-state index contributed by atoms with van der Waals surface area (Å²) in [6.45, 7) is 7.30. The lowest BCUT2D eigenvalue weighted by atomic mass is 10.1. The van der Waals surface area contributed by atoms with Crippen molar-refractivity contribution in [1.29, 1.82) is 0 Å². The molecule has 1 aromatic rings. The van der Waals surface area contributed by atoms with Gasteiger partial charge >= 0.3 is 5.97 Å². The van der Waals surface area contributed by atoms with Gasteiger partial charge in [0.1, 0.15) is 18.1 Å². The van der Waals surface area contributed by atoms with Crippen LogP contribution in [0, 0.1) is 0 Å². The molecule has 4 nitrogen and oxygen atoms in total. The minimum Gasteiger partial charge on any atom is -0.460 e. The fourth-order valence-corrected chi connectivity index (χ4v) is 1.55. The molecule has 0 heterocycles. The lowest BCUT2D eigenvalue weighted by Crippen LogP contribution is -2.29. The zero-order chi connectivity index (χ0) is 15.2. The lowest BCUT2D eigenvalue weighted by Gasteiger charge is -2.20. The third-order valence-electron chi connectivity index (χ3n) is 2.53. The van der Waals surface area contributed by atoms with Gasteiger partial charge in [-0.05, 0) is 33.3 Å². The fraction of sp³-hybridized carbons (Fsp3) is 0.500. The van der Waals surface area contributed by atoms with Gasteiger partial charge in [-0.25, -0.2) is 0 Å². The van der Waals surface area contributed by atoms with Crippen molar-refractivity contribution in [3.8, 4) is 0 Å². The summed E-state index contributed by atoms with van der Waals surface area (Å²) in [4.78, 5) is 23.4. The summed E-state index contributed by atoms with van der Waals surface area (Å²) in [6, 6.07) is 9.58. The Morgan fingerprint density at radius 3 is 2.30 bits per heavy atom. The van der Waals surface area contributed by atoms with E-state index in [0.29, 0.717) is 6.61 Å².